The van der Waals surface area contributed by atoms with Crippen molar-refractivity contribution in [3.8, 4) is 0 Å². The molecular weight excluding hydrogens is 200 g/mol. The summed E-state index contributed by atoms with van der Waals surface area (Å²) in [7, 11) is 4.32. The summed E-state index contributed by atoms with van der Waals surface area (Å²) in [6.45, 7) is 2.98. The third-order valence-corrected chi connectivity index (χ3v) is 4.06. The van der Waals surface area contributed by atoms with Gasteiger partial charge in [0, 0.05) is 25.2 Å². The number of likely N-dealkylation sites (N-methyl/N-ethyl adjacent to an activating group) is 2. The van der Waals surface area contributed by atoms with Gasteiger partial charge in [-0.2, -0.15) is 0 Å². The van der Waals surface area contributed by atoms with Gasteiger partial charge in [-0.15, -0.1) is 0 Å². The molecule has 0 amide bonds. The Balaban J connectivity index is 1.59. The maximum absolute atomic E-state index is 5.69. The Morgan fingerprint density at radius 1 is 1.25 bits per heavy atom. The fraction of sp³-hybridized carbons (Fsp3) is 1.00. The van der Waals surface area contributed by atoms with Gasteiger partial charge in [-0.1, -0.05) is 6.42 Å². The molecule has 2 unspecified atom stereocenters. The molecule has 0 aromatic carbocycles. The Bertz CT molecular complexity index is 206. The second-order valence-corrected chi connectivity index (χ2v) is 5.39. The van der Waals surface area contributed by atoms with E-state index in [4.69, 9.17) is 4.74 Å². The predicted octanol–water partition coefficient (Wildman–Crippen LogP) is 1.49. The summed E-state index contributed by atoms with van der Waals surface area (Å²) in [6.07, 6.45) is 6.81. The monoisotopic (exact) mass is 226 g/mol. The highest BCUT2D eigenvalue weighted by Crippen LogP contribution is 2.28. The Morgan fingerprint density at radius 3 is 2.75 bits per heavy atom. The van der Waals surface area contributed by atoms with Crippen LogP contribution in [-0.4, -0.2) is 50.8 Å². The van der Waals surface area contributed by atoms with Crippen molar-refractivity contribution in [1.29, 1.82) is 0 Å². The van der Waals surface area contributed by atoms with E-state index in [1.165, 1.54) is 32.1 Å². The molecule has 0 radical (unpaired) electrons. The zero-order valence-electron chi connectivity index (χ0n) is 10.7. The maximum Gasteiger partial charge on any atom is 0.0593 e. The molecular formula is C13H26N2O. The van der Waals surface area contributed by atoms with Gasteiger partial charge in [0.25, 0.3) is 0 Å². The lowest BCUT2D eigenvalue weighted by Crippen LogP contribution is -2.45. The molecule has 3 heteroatoms. The van der Waals surface area contributed by atoms with Gasteiger partial charge in [-0.3, -0.25) is 4.90 Å². The maximum atomic E-state index is 5.69. The van der Waals surface area contributed by atoms with Crippen molar-refractivity contribution in [2.45, 2.75) is 44.2 Å². The first-order chi connectivity index (χ1) is 7.81. The molecule has 0 bridgehead atoms. The zero-order valence-corrected chi connectivity index (χ0v) is 10.7. The third kappa shape index (κ3) is 3.44. The van der Waals surface area contributed by atoms with E-state index in [0.29, 0.717) is 6.04 Å². The largest absolute Gasteiger partial charge is 0.380 e. The topological polar surface area (TPSA) is 24.5 Å². The van der Waals surface area contributed by atoms with Crippen LogP contribution in [0, 0.1) is 5.92 Å². The standard InChI is InChI=1S/C13H26N2O/c1-14-12-4-3-5-13(12)15(2)8-9-16-10-11-6-7-11/h11-14H,3-10H2,1-2H3. The highest BCUT2D eigenvalue weighted by atomic mass is 16.5. The lowest BCUT2D eigenvalue weighted by molar-refractivity contribution is 0.0880. The lowest BCUT2D eigenvalue weighted by Gasteiger charge is -2.29. The summed E-state index contributed by atoms with van der Waals surface area (Å²) in [6, 6.07) is 1.41. The van der Waals surface area contributed by atoms with Crippen LogP contribution in [0.4, 0.5) is 0 Å². The second kappa shape index (κ2) is 5.99. The Hall–Kier alpha value is -0.120. The van der Waals surface area contributed by atoms with Crippen molar-refractivity contribution in [1.82, 2.24) is 10.2 Å². The number of nitrogens with one attached hydrogen (secondary N) is 1. The molecule has 2 fully saturated rings. The summed E-state index contributed by atoms with van der Waals surface area (Å²) in [5.41, 5.74) is 0. The van der Waals surface area contributed by atoms with Gasteiger partial charge in [0.2, 0.25) is 0 Å². The number of ether oxygens (including phenoxy) is 1. The van der Waals surface area contributed by atoms with Gasteiger partial charge in [-0.05, 0) is 45.7 Å². The Morgan fingerprint density at radius 2 is 2.06 bits per heavy atom. The first-order valence-corrected chi connectivity index (χ1v) is 6.76. The van der Waals surface area contributed by atoms with Crippen LogP contribution in [0.25, 0.3) is 0 Å². The molecule has 2 saturated carbocycles. The number of hydrogen-bond donors (Lipinski definition) is 1. The van der Waals surface area contributed by atoms with Crippen LogP contribution in [0.15, 0.2) is 0 Å². The quantitative estimate of drug-likeness (QED) is 0.666. The normalized spacial score (nSPS) is 30.2. The van der Waals surface area contributed by atoms with Crippen molar-refractivity contribution in [3.63, 3.8) is 0 Å². The smallest absolute Gasteiger partial charge is 0.0593 e. The number of nitrogens with zero attached hydrogens (tertiary/aromatic N) is 1. The van der Waals surface area contributed by atoms with Gasteiger partial charge in [0.05, 0.1) is 6.61 Å². The average Bonchev–Trinajstić information content (AvgIpc) is 2.99. The van der Waals surface area contributed by atoms with Crippen LogP contribution in [0.2, 0.25) is 0 Å². The molecule has 3 nitrogen and oxygen atoms in total. The first-order valence-electron chi connectivity index (χ1n) is 6.76. The van der Waals surface area contributed by atoms with Gasteiger partial charge in [0.1, 0.15) is 0 Å². The van der Waals surface area contributed by atoms with E-state index < -0.39 is 0 Å². The number of hydrogen-bond acceptors (Lipinski definition) is 3. The summed E-state index contributed by atoms with van der Waals surface area (Å²) in [4.78, 5) is 2.47. The molecule has 2 aliphatic rings. The SMILES string of the molecule is CNC1CCCC1N(C)CCOCC1CC1. The van der Waals surface area contributed by atoms with Crippen LogP contribution in [0.1, 0.15) is 32.1 Å². The van der Waals surface area contributed by atoms with Crippen LogP contribution in [-0.2, 0) is 4.74 Å². The molecule has 94 valence electrons. The van der Waals surface area contributed by atoms with Gasteiger partial charge >= 0.3 is 0 Å². The fourth-order valence-electron chi connectivity index (χ4n) is 2.71. The van der Waals surface area contributed by atoms with Crippen LogP contribution in [0.3, 0.4) is 0 Å². The Labute approximate surface area is 99.5 Å². The molecule has 1 N–H and O–H groups in total. The minimum atomic E-state index is 0.688. The molecule has 0 saturated heterocycles. The molecule has 0 aromatic rings. The summed E-state index contributed by atoms with van der Waals surface area (Å²) in [5.74, 6) is 0.891. The van der Waals surface area contributed by atoms with Crippen molar-refractivity contribution < 1.29 is 4.74 Å². The van der Waals surface area contributed by atoms with Crippen LogP contribution < -0.4 is 5.32 Å². The van der Waals surface area contributed by atoms with E-state index in [2.05, 4.69) is 24.3 Å². The lowest BCUT2D eigenvalue weighted by atomic mass is 10.1. The highest BCUT2D eigenvalue weighted by Gasteiger charge is 2.28. The van der Waals surface area contributed by atoms with Gasteiger partial charge < -0.3 is 10.1 Å². The minimum Gasteiger partial charge on any atom is -0.380 e. The highest BCUT2D eigenvalue weighted by molar-refractivity contribution is 4.88. The first kappa shape index (κ1) is 12.3. The van der Waals surface area contributed by atoms with E-state index >= 15 is 0 Å². The molecule has 0 spiro atoms. The van der Waals surface area contributed by atoms with Crippen LogP contribution in [0.5, 0.6) is 0 Å². The van der Waals surface area contributed by atoms with Crippen molar-refractivity contribution in [2.24, 2.45) is 5.92 Å². The average molecular weight is 226 g/mol. The van der Waals surface area contributed by atoms with Crippen molar-refractivity contribution in [3.05, 3.63) is 0 Å². The molecule has 2 aliphatic carbocycles. The Kier molecular flexibility index (Phi) is 4.62. The zero-order chi connectivity index (χ0) is 11.4. The minimum absolute atomic E-state index is 0.688. The van der Waals surface area contributed by atoms with E-state index in [1.54, 1.807) is 0 Å². The van der Waals surface area contributed by atoms with Crippen molar-refractivity contribution in [2.75, 3.05) is 33.9 Å². The molecule has 0 aliphatic heterocycles. The predicted molar refractivity (Wildman–Crippen MR) is 66.7 cm³/mol. The van der Waals surface area contributed by atoms with Gasteiger partial charge in [0.15, 0.2) is 0 Å². The summed E-state index contributed by atoms with van der Waals surface area (Å²) < 4.78 is 5.69. The molecule has 0 heterocycles. The van der Waals surface area contributed by atoms with E-state index in [1.807, 2.05) is 0 Å². The number of rotatable bonds is 7. The fourth-order valence-corrected chi connectivity index (χ4v) is 2.71. The summed E-state index contributed by atoms with van der Waals surface area (Å²) >= 11 is 0. The van der Waals surface area contributed by atoms with E-state index in [0.717, 1.165) is 31.7 Å². The van der Waals surface area contributed by atoms with Gasteiger partial charge in [-0.25, -0.2) is 0 Å². The van der Waals surface area contributed by atoms with E-state index in [-0.39, 0.29) is 0 Å². The summed E-state index contributed by atoms with van der Waals surface area (Å²) in [5, 5.41) is 3.43. The second-order valence-electron chi connectivity index (χ2n) is 5.39. The molecule has 2 atom stereocenters. The van der Waals surface area contributed by atoms with E-state index in [9.17, 15) is 0 Å². The molecule has 16 heavy (non-hydrogen) atoms. The van der Waals surface area contributed by atoms with Crippen molar-refractivity contribution >= 4 is 0 Å². The molecule has 2 rings (SSSR count). The van der Waals surface area contributed by atoms with Crippen LogP contribution >= 0.6 is 0 Å². The third-order valence-electron chi connectivity index (χ3n) is 4.06. The molecule has 0 aromatic heterocycles.